The zero-order valence-corrected chi connectivity index (χ0v) is 12.9. The van der Waals surface area contributed by atoms with Crippen LogP contribution in [0, 0.1) is 6.92 Å². The molecule has 0 aromatic carbocycles. The van der Waals surface area contributed by atoms with Crippen molar-refractivity contribution in [2.45, 2.75) is 26.3 Å². The molecule has 1 aliphatic heterocycles. The van der Waals surface area contributed by atoms with Crippen LogP contribution in [0.15, 0.2) is 24.5 Å². The number of nitrogens with zero attached hydrogens (tertiary/aromatic N) is 4. The van der Waals surface area contributed by atoms with Crippen molar-refractivity contribution in [1.29, 1.82) is 0 Å². The Balaban J connectivity index is 1.73. The summed E-state index contributed by atoms with van der Waals surface area (Å²) in [7, 11) is 2.09. The van der Waals surface area contributed by atoms with E-state index >= 15 is 0 Å². The second-order valence-electron chi connectivity index (χ2n) is 5.30. The summed E-state index contributed by atoms with van der Waals surface area (Å²) < 4.78 is 0. The second kappa shape index (κ2) is 5.79. The average molecular weight is 288 g/mol. The summed E-state index contributed by atoms with van der Waals surface area (Å²) in [6.45, 7) is 5.27. The lowest BCUT2D eigenvalue weighted by molar-refractivity contribution is 0.884. The molecular weight excluding hydrogens is 268 g/mol. The van der Waals surface area contributed by atoms with E-state index in [2.05, 4.69) is 51.9 Å². The molecule has 0 atom stereocenters. The fraction of sp³-hybridized carbons (Fsp3) is 0.467. The standard InChI is InChI=1S/C15H20N4S/c1-12-5-6-13(20-12)10-18(2)14-9-15(17-11-16-14)19-7-3-4-8-19/h5-6,9,11H,3-4,7-8,10H2,1-2H3. The average Bonchev–Trinajstić information content (AvgIpc) is 3.11. The molecule has 5 heteroatoms. The fourth-order valence-corrected chi connectivity index (χ4v) is 3.49. The molecule has 1 aliphatic rings. The summed E-state index contributed by atoms with van der Waals surface area (Å²) in [5.41, 5.74) is 0. The zero-order chi connectivity index (χ0) is 13.9. The number of anilines is 2. The second-order valence-corrected chi connectivity index (χ2v) is 6.67. The van der Waals surface area contributed by atoms with E-state index < -0.39 is 0 Å². The van der Waals surface area contributed by atoms with Crippen molar-refractivity contribution in [3.05, 3.63) is 34.3 Å². The highest BCUT2D eigenvalue weighted by Crippen LogP contribution is 2.23. The number of hydrogen-bond donors (Lipinski definition) is 0. The molecule has 0 spiro atoms. The van der Waals surface area contributed by atoms with Gasteiger partial charge in [0.25, 0.3) is 0 Å². The van der Waals surface area contributed by atoms with Crippen molar-refractivity contribution in [3.63, 3.8) is 0 Å². The normalized spacial score (nSPS) is 14.8. The minimum Gasteiger partial charge on any atom is -0.356 e. The SMILES string of the molecule is Cc1ccc(CN(C)c2cc(N3CCCC3)ncn2)s1. The lowest BCUT2D eigenvalue weighted by Gasteiger charge is -2.20. The van der Waals surface area contributed by atoms with Gasteiger partial charge in [0, 0.05) is 36.0 Å². The molecule has 3 rings (SSSR count). The van der Waals surface area contributed by atoms with E-state index in [1.165, 1.54) is 22.6 Å². The number of rotatable bonds is 4. The van der Waals surface area contributed by atoms with E-state index in [0.717, 1.165) is 31.3 Å². The number of thiophene rings is 1. The largest absolute Gasteiger partial charge is 0.356 e. The van der Waals surface area contributed by atoms with Crippen molar-refractivity contribution in [1.82, 2.24) is 9.97 Å². The van der Waals surface area contributed by atoms with Gasteiger partial charge in [-0.2, -0.15) is 0 Å². The van der Waals surface area contributed by atoms with Crippen LogP contribution in [-0.2, 0) is 6.54 Å². The van der Waals surface area contributed by atoms with E-state index in [9.17, 15) is 0 Å². The third-order valence-electron chi connectivity index (χ3n) is 3.65. The summed E-state index contributed by atoms with van der Waals surface area (Å²) >= 11 is 1.84. The molecule has 4 nitrogen and oxygen atoms in total. The van der Waals surface area contributed by atoms with Crippen molar-refractivity contribution in [2.24, 2.45) is 0 Å². The summed E-state index contributed by atoms with van der Waals surface area (Å²) in [5, 5.41) is 0. The molecule has 0 N–H and O–H groups in total. The Hall–Kier alpha value is -1.62. The molecule has 0 amide bonds. The maximum atomic E-state index is 4.41. The molecule has 1 saturated heterocycles. The van der Waals surface area contributed by atoms with Gasteiger partial charge in [-0.1, -0.05) is 0 Å². The fourth-order valence-electron chi connectivity index (χ4n) is 2.55. The maximum absolute atomic E-state index is 4.41. The van der Waals surface area contributed by atoms with Gasteiger partial charge in [0.1, 0.15) is 18.0 Å². The van der Waals surface area contributed by atoms with Crippen LogP contribution in [0.4, 0.5) is 11.6 Å². The Morgan fingerprint density at radius 1 is 1.25 bits per heavy atom. The van der Waals surface area contributed by atoms with Crippen LogP contribution in [0.5, 0.6) is 0 Å². The molecule has 2 aromatic rings. The first-order valence-corrected chi connectivity index (χ1v) is 7.87. The third-order valence-corrected chi connectivity index (χ3v) is 4.63. The Labute approximate surface area is 124 Å². The van der Waals surface area contributed by atoms with E-state index in [1.807, 2.05) is 11.3 Å². The Morgan fingerprint density at radius 3 is 2.75 bits per heavy atom. The van der Waals surface area contributed by atoms with Crippen LogP contribution in [0.1, 0.15) is 22.6 Å². The van der Waals surface area contributed by atoms with Gasteiger partial charge in [-0.05, 0) is 31.9 Å². The summed E-state index contributed by atoms with van der Waals surface area (Å²) in [6, 6.07) is 6.47. The van der Waals surface area contributed by atoms with Crippen LogP contribution in [0.3, 0.4) is 0 Å². The first-order valence-electron chi connectivity index (χ1n) is 7.06. The molecule has 3 heterocycles. The maximum Gasteiger partial charge on any atom is 0.134 e. The van der Waals surface area contributed by atoms with E-state index in [4.69, 9.17) is 0 Å². The van der Waals surface area contributed by atoms with Crippen LogP contribution in [-0.4, -0.2) is 30.1 Å². The number of aryl methyl sites for hydroxylation is 1. The highest BCUT2D eigenvalue weighted by Gasteiger charge is 2.15. The summed E-state index contributed by atoms with van der Waals surface area (Å²) in [4.78, 5) is 16.1. The smallest absolute Gasteiger partial charge is 0.134 e. The monoisotopic (exact) mass is 288 g/mol. The molecule has 0 bridgehead atoms. The van der Waals surface area contributed by atoms with Gasteiger partial charge < -0.3 is 9.80 Å². The number of hydrogen-bond acceptors (Lipinski definition) is 5. The molecule has 0 saturated carbocycles. The van der Waals surface area contributed by atoms with Gasteiger partial charge in [0.15, 0.2) is 0 Å². The first-order chi connectivity index (χ1) is 9.72. The zero-order valence-electron chi connectivity index (χ0n) is 12.0. The highest BCUT2D eigenvalue weighted by atomic mass is 32.1. The predicted octanol–water partition coefficient (Wildman–Crippen LogP) is 3.08. The predicted molar refractivity (Wildman–Crippen MR) is 84.6 cm³/mol. The lowest BCUT2D eigenvalue weighted by atomic mass is 10.4. The van der Waals surface area contributed by atoms with Gasteiger partial charge in [0.05, 0.1) is 6.54 Å². The first kappa shape index (κ1) is 13.4. The van der Waals surface area contributed by atoms with Crippen molar-refractivity contribution in [3.8, 4) is 0 Å². The van der Waals surface area contributed by atoms with Crippen molar-refractivity contribution in [2.75, 3.05) is 29.9 Å². The van der Waals surface area contributed by atoms with Gasteiger partial charge in [0.2, 0.25) is 0 Å². The summed E-state index contributed by atoms with van der Waals surface area (Å²) in [6.07, 6.45) is 4.21. The molecular formula is C15H20N4S. The quantitative estimate of drug-likeness (QED) is 0.865. The Morgan fingerprint density at radius 2 is 2.05 bits per heavy atom. The van der Waals surface area contributed by atoms with Gasteiger partial charge in [-0.15, -0.1) is 11.3 Å². The van der Waals surface area contributed by atoms with Crippen LogP contribution >= 0.6 is 11.3 Å². The Bertz CT molecular complexity index is 575. The van der Waals surface area contributed by atoms with Gasteiger partial charge in [-0.25, -0.2) is 9.97 Å². The summed E-state index contributed by atoms with van der Waals surface area (Å²) in [5.74, 6) is 2.05. The van der Waals surface area contributed by atoms with E-state index in [1.54, 1.807) is 6.33 Å². The molecule has 2 aromatic heterocycles. The molecule has 1 fully saturated rings. The molecule has 20 heavy (non-hydrogen) atoms. The van der Waals surface area contributed by atoms with Gasteiger partial charge >= 0.3 is 0 Å². The third kappa shape index (κ3) is 2.93. The van der Waals surface area contributed by atoms with Crippen LogP contribution in [0.25, 0.3) is 0 Å². The van der Waals surface area contributed by atoms with E-state index in [-0.39, 0.29) is 0 Å². The van der Waals surface area contributed by atoms with Crippen LogP contribution in [0.2, 0.25) is 0 Å². The van der Waals surface area contributed by atoms with Crippen LogP contribution < -0.4 is 9.80 Å². The van der Waals surface area contributed by atoms with Crippen molar-refractivity contribution >= 4 is 23.0 Å². The Kier molecular flexibility index (Phi) is 3.87. The van der Waals surface area contributed by atoms with Gasteiger partial charge in [-0.3, -0.25) is 0 Å². The molecule has 106 valence electrons. The molecule has 0 unspecified atom stereocenters. The number of aromatic nitrogens is 2. The van der Waals surface area contributed by atoms with E-state index in [0.29, 0.717) is 0 Å². The topological polar surface area (TPSA) is 32.3 Å². The highest BCUT2D eigenvalue weighted by molar-refractivity contribution is 7.11. The minimum atomic E-state index is 0.898. The molecule has 0 aliphatic carbocycles. The lowest BCUT2D eigenvalue weighted by Crippen LogP contribution is -2.21. The van der Waals surface area contributed by atoms with Crippen molar-refractivity contribution < 1.29 is 0 Å². The molecule has 0 radical (unpaired) electrons. The minimum absolute atomic E-state index is 0.898.